The Bertz CT molecular complexity index is 312. The Morgan fingerprint density at radius 1 is 1.11 bits per heavy atom. The maximum atomic E-state index is 12.5. The summed E-state index contributed by atoms with van der Waals surface area (Å²) in [7, 11) is 0. The molecule has 0 aromatic rings. The number of hydrogen-bond donors (Lipinski definition) is 2. The fraction of sp³-hybridized carbons (Fsp3) is 0.923. The van der Waals surface area contributed by atoms with Crippen molar-refractivity contribution >= 4 is 18.3 Å². The monoisotopic (exact) mass is 274 g/mol. The molecule has 2 aliphatic heterocycles. The van der Waals surface area contributed by atoms with Gasteiger partial charge in [-0.25, -0.2) is 0 Å². The summed E-state index contributed by atoms with van der Waals surface area (Å²) in [5.41, 5.74) is 6.03. The molecule has 3 rings (SSSR count). The van der Waals surface area contributed by atoms with E-state index in [4.69, 9.17) is 5.73 Å². The van der Waals surface area contributed by atoms with Crippen molar-refractivity contribution in [1.82, 2.24) is 4.90 Å². The van der Waals surface area contributed by atoms with Gasteiger partial charge in [0.1, 0.15) is 0 Å². The second-order valence-electron chi connectivity index (χ2n) is 5.96. The molecule has 2 heterocycles. The number of amides is 1. The summed E-state index contributed by atoms with van der Waals surface area (Å²) in [6.45, 7) is 0. The molecule has 5 heteroatoms. The van der Waals surface area contributed by atoms with Crippen LogP contribution in [0, 0.1) is 5.92 Å². The average molecular weight is 275 g/mol. The van der Waals surface area contributed by atoms with Gasteiger partial charge in [0.05, 0.1) is 12.0 Å². The predicted octanol–water partition coefficient (Wildman–Crippen LogP) is 1.05. The molecule has 1 amide bonds. The largest absolute Gasteiger partial charge is 0.393 e. The van der Waals surface area contributed by atoms with Crippen LogP contribution in [0.4, 0.5) is 0 Å². The standard InChI is InChI=1S/C13H22N2O2.ClH/c14-12-3-1-2-11(12)13(17)15-8-4-5-9(15)7-10(16)6-8;/h8-12,16H,1-7,14H2;1H. The zero-order valence-electron chi connectivity index (χ0n) is 10.6. The molecular weight excluding hydrogens is 252 g/mol. The molecule has 1 aliphatic carbocycles. The summed E-state index contributed by atoms with van der Waals surface area (Å²) in [5.74, 6) is 0.322. The van der Waals surface area contributed by atoms with Crippen LogP contribution < -0.4 is 5.73 Å². The third kappa shape index (κ3) is 2.26. The summed E-state index contributed by atoms with van der Waals surface area (Å²) in [6.07, 6.45) is 6.50. The molecule has 3 aliphatic rings. The summed E-state index contributed by atoms with van der Waals surface area (Å²) in [6, 6.07) is 0.627. The van der Waals surface area contributed by atoms with E-state index in [1.165, 1.54) is 0 Å². The van der Waals surface area contributed by atoms with Gasteiger partial charge in [0.2, 0.25) is 5.91 Å². The van der Waals surface area contributed by atoms with Crippen LogP contribution in [0.3, 0.4) is 0 Å². The summed E-state index contributed by atoms with van der Waals surface area (Å²) in [4.78, 5) is 14.6. The minimum Gasteiger partial charge on any atom is -0.393 e. The number of nitrogens with two attached hydrogens (primary N) is 1. The molecule has 4 nitrogen and oxygen atoms in total. The van der Waals surface area contributed by atoms with Crippen molar-refractivity contribution in [2.24, 2.45) is 11.7 Å². The molecule has 0 aromatic heterocycles. The number of halogens is 1. The molecule has 2 bridgehead atoms. The van der Waals surface area contributed by atoms with Gasteiger partial charge in [-0.1, -0.05) is 6.42 Å². The molecule has 0 aromatic carbocycles. The third-order valence-corrected chi connectivity index (χ3v) is 4.85. The van der Waals surface area contributed by atoms with Crippen molar-refractivity contribution in [3.8, 4) is 0 Å². The fourth-order valence-corrected chi connectivity index (χ4v) is 3.99. The molecule has 3 N–H and O–H groups in total. The topological polar surface area (TPSA) is 66.6 Å². The van der Waals surface area contributed by atoms with Gasteiger partial charge < -0.3 is 15.7 Å². The highest BCUT2D eigenvalue weighted by Crippen LogP contribution is 2.38. The van der Waals surface area contributed by atoms with Crippen LogP contribution in [0.2, 0.25) is 0 Å². The minimum atomic E-state index is -0.200. The lowest BCUT2D eigenvalue weighted by molar-refractivity contribution is -0.142. The number of nitrogens with zero attached hydrogens (tertiary/aromatic N) is 1. The first-order valence-corrected chi connectivity index (χ1v) is 6.92. The highest BCUT2D eigenvalue weighted by atomic mass is 35.5. The predicted molar refractivity (Wildman–Crippen MR) is 71.5 cm³/mol. The van der Waals surface area contributed by atoms with Gasteiger partial charge in [0.25, 0.3) is 0 Å². The Labute approximate surface area is 114 Å². The van der Waals surface area contributed by atoms with Gasteiger partial charge in [-0.05, 0) is 38.5 Å². The third-order valence-electron chi connectivity index (χ3n) is 4.85. The average Bonchev–Trinajstić information content (AvgIpc) is 2.81. The Kier molecular flexibility index (Phi) is 4.19. The molecule has 3 fully saturated rings. The van der Waals surface area contributed by atoms with E-state index >= 15 is 0 Å². The molecule has 4 atom stereocenters. The first kappa shape index (κ1) is 14.1. The van der Waals surface area contributed by atoms with E-state index in [1.54, 1.807) is 0 Å². The van der Waals surface area contributed by atoms with Crippen LogP contribution in [0.15, 0.2) is 0 Å². The van der Waals surface area contributed by atoms with Crippen molar-refractivity contribution < 1.29 is 9.90 Å². The smallest absolute Gasteiger partial charge is 0.227 e. The molecule has 0 spiro atoms. The van der Waals surface area contributed by atoms with Gasteiger partial charge >= 0.3 is 0 Å². The van der Waals surface area contributed by atoms with Crippen LogP contribution in [-0.4, -0.2) is 40.1 Å². The van der Waals surface area contributed by atoms with Crippen LogP contribution in [0.5, 0.6) is 0 Å². The second kappa shape index (κ2) is 5.35. The highest BCUT2D eigenvalue weighted by Gasteiger charge is 2.45. The van der Waals surface area contributed by atoms with E-state index in [0.29, 0.717) is 0 Å². The van der Waals surface area contributed by atoms with Crippen molar-refractivity contribution in [3.63, 3.8) is 0 Å². The lowest BCUT2D eigenvalue weighted by Gasteiger charge is -2.39. The normalized spacial score (nSPS) is 42.8. The second-order valence-corrected chi connectivity index (χ2v) is 5.96. The van der Waals surface area contributed by atoms with Crippen molar-refractivity contribution in [2.45, 2.75) is 69.2 Å². The van der Waals surface area contributed by atoms with Crippen molar-refractivity contribution in [1.29, 1.82) is 0 Å². The van der Waals surface area contributed by atoms with Crippen molar-refractivity contribution in [2.75, 3.05) is 0 Å². The molecule has 2 saturated heterocycles. The number of rotatable bonds is 1. The maximum Gasteiger partial charge on any atom is 0.227 e. The summed E-state index contributed by atoms with van der Waals surface area (Å²) >= 11 is 0. The summed E-state index contributed by atoms with van der Waals surface area (Å²) in [5, 5.41) is 9.74. The molecular formula is C13H23ClN2O2. The van der Waals surface area contributed by atoms with Gasteiger partial charge in [-0.15, -0.1) is 12.4 Å². The Balaban J connectivity index is 0.00000120. The SMILES string of the molecule is Cl.NC1CCCC1C(=O)N1C2CCC1CC(O)C2. The first-order chi connectivity index (χ1) is 8.16. The van der Waals surface area contributed by atoms with Crippen LogP contribution >= 0.6 is 12.4 Å². The lowest BCUT2D eigenvalue weighted by Crippen LogP contribution is -2.52. The quantitative estimate of drug-likeness (QED) is 0.751. The zero-order chi connectivity index (χ0) is 12.0. The van der Waals surface area contributed by atoms with Gasteiger partial charge in [0, 0.05) is 18.1 Å². The van der Waals surface area contributed by atoms with E-state index < -0.39 is 0 Å². The van der Waals surface area contributed by atoms with Crippen LogP contribution in [0.1, 0.15) is 44.9 Å². The minimum absolute atomic E-state index is 0. The Morgan fingerprint density at radius 2 is 1.72 bits per heavy atom. The van der Waals surface area contributed by atoms with E-state index in [-0.39, 0.29) is 48.5 Å². The molecule has 0 radical (unpaired) electrons. The van der Waals surface area contributed by atoms with E-state index in [9.17, 15) is 9.90 Å². The molecule has 1 saturated carbocycles. The number of carbonyl (C=O) groups excluding carboxylic acids is 1. The Hall–Kier alpha value is -0.320. The van der Waals surface area contributed by atoms with Crippen LogP contribution in [0.25, 0.3) is 0 Å². The zero-order valence-corrected chi connectivity index (χ0v) is 11.4. The lowest BCUT2D eigenvalue weighted by atomic mass is 9.95. The van der Waals surface area contributed by atoms with E-state index in [0.717, 1.165) is 44.9 Å². The van der Waals surface area contributed by atoms with Gasteiger partial charge in [-0.2, -0.15) is 0 Å². The number of aliphatic hydroxyl groups excluding tert-OH is 1. The fourth-order valence-electron chi connectivity index (χ4n) is 3.99. The molecule has 4 unspecified atom stereocenters. The number of piperidine rings is 1. The van der Waals surface area contributed by atoms with E-state index in [1.807, 2.05) is 0 Å². The van der Waals surface area contributed by atoms with Gasteiger partial charge in [0.15, 0.2) is 0 Å². The van der Waals surface area contributed by atoms with Crippen molar-refractivity contribution in [3.05, 3.63) is 0 Å². The highest BCUT2D eigenvalue weighted by molar-refractivity contribution is 5.85. The Morgan fingerprint density at radius 3 is 2.22 bits per heavy atom. The number of carbonyl (C=O) groups is 1. The number of hydrogen-bond acceptors (Lipinski definition) is 3. The number of fused-ring (bicyclic) bond motifs is 2. The van der Waals surface area contributed by atoms with E-state index in [2.05, 4.69) is 4.90 Å². The molecule has 104 valence electrons. The van der Waals surface area contributed by atoms with Crippen LogP contribution in [-0.2, 0) is 4.79 Å². The maximum absolute atomic E-state index is 12.5. The first-order valence-electron chi connectivity index (χ1n) is 6.92. The van der Waals surface area contributed by atoms with Gasteiger partial charge in [-0.3, -0.25) is 4.79 Å². The summed E-state index contributed by atoms with van der Waals surface area (Å²) < 4.78 is 0. The number of aliphatic hydroxyl groups is 1. The molecule has 18 heavy (non-hydrogen) atoms.